The van der Waals surface area contributed by atoms with Gasteiger partial charge in [0.1, 0.15) is 16.5 Å². The lowest BCUT2D eigenvalue weighted by Gasteiger charge is -2.32. The monoisotopic (exact) mass is 437 g/mol. The molecule has 3 aromatic rings. The van der Waals surface area contributed by atoms with Crippen LogP contribution in [0.5, 0.6) is 0 Å². The molecule has 0 spiro atoms. The van der Waals surface area contributed by atoms with Gasteiger partial charge in [0, 0.05) is 38.9 Å². The molecule has 7 heteroatoms. The van der Waals surface area contributed by atoms with Crippen LogP contribution in [0.2, 0.25) is 0 Å². The van der Waals surface area contributed by atoms with Crippen molar-refractivity contribution in [2.24, 2.45) is 0 Å². The maximum absolute atomic E-state index is 13.3. The highest BCUT2D eigenvalue weighted by Gasteiger charge is 2.27. The van der Waals surface area contributed by atoms with Gasteiger partial charge in [0.25, 0.3) is 5.91 Å². The van der Waals surface area contributed by atoms with Gasteiger partial charge in [-0.3, -0.25) is 4.79 Å². The van der Waals surface area contributed by atoms with Crippen LogP contribution in [0.15, 0.2) is 24.3 Å². The number of hydrogen-bond donors (Lipinski definition) is 0. The molecule has 0 radical (unpaired) electrons. The summed E-state index contributed by atoms with van der Waals surface area (Å²) in [6.07, 6.45) is 0. The first-order chi connectivity index (χ1) is 14.8. The quantitative estimate of drug-likeness (QED) is 0.598. The van der Waals surface area contributed by atoms with E-state index in [1.807, 2.05) is 25.8 Å². The van der Waals surface area contributed by atoms with Crippen LogP contribution in [-0.2, 0) is 0 Å². The molecule has 4 rings (SSSR count). The summed E-state index contributed by atoms with van der Waals surface area (Å²) in [5, 5.41) is 0.975. The van der Waals surface area contributed by atoms with E-state index in [1.54, 1.807) is 0 Å². The van der Waals surface area contributed by atoms with Crippen LogP contribution in [0.1, 0.15) is 46.4 Å². The van der Waals surface area contributed by atoms with Crippen LogP contribution in [0.25, 0.3) is 10.2 Å². The van der Waals surface area contributed by atoms with Crippen molar-refractivity contribution >= 4 is 39.0 Å². The van der Waals surface area contributed by atoms with E-state index >= 15 is 0 Å². The van der Waals surface area contributed by atoms with Crippen molar-refractivity contribution < 1.29 is 4.79 Å². The highest BCUT2D eigenvalue weighted by Crippen LogP contribution is 2.38. The first-order valence-corrected chi connectivity index (χ1v) is 11.7. The zero-order valence-electron chi connectivity index (χ0n) is 19.3. The topological polar surface area (TPSA) is 52.6 Å². The average Bonchev–Trinajstić information content (AvgIpc) is 3.08. The van der Waals surface area contributed by atoms with E-state index in [0.29, 0.717) is 11.7 Å². The predicted molar refractivity (Wildman–Crippen MR) is 129 cm³/mol. The molecule has 0 N–H and O–H groups in total. The lowest BCUT2D eigenvalue weighted by Crippen LogP contribution is -2.47. The lowest BCUT2D eigenvalue weighted by atomic mass is 10.0. The minimum absolute atomic E-state index is 0.112. The summed E-state index contributed by atoms with van der Waals surface area (Å²) in [6.45, 7) is 11.7. The number of rotatable bonds is 4. The molecule has 31 heavy (non-hydrogen) atoms. The number of carbonyl (C=O) groups excluding carboxylic acids is 1. The second kappa shape index (κ2) is 8.55. The highest BCUT2D eigenvalue weighted by atomic mass is 32.1. The number of anilines is 2. The third-order valence-corrected chi connectivity index (χ3v) is 7.31. The van der Waals surface area contributed by atoms with Crippen LogP contribution in [0.3, 0.4) is 0 Å². The normalized spacial score (nSPS) is 15.1. The highest BCUT2D eigenvalue weighted by molar-refractivity contribution is 7.20. The molecule has 0 aliphatic carbocycles. The first kappa shape index (κ1) is 21.7. The SMILES string of the molecule is Cc1nc(N(C)c2ccc(C(C)C)cc2)c2c(C)c(C(=O)N3CCN(C)CC3)sc2n1. The maximum Gasteiger partial charge on any atom is 0.264 e. The largest absolute Gasteiger partial charge is 0.335 e. The van der Waals surface area contributed by atoms with Gasteiger partial charge in [0.15, 0.2) is 0 Å². The fourth-order valence-corrected chi connectivity index (χ4v) is 5.22. The van der Waals surface area contributed by atoms with Gasteiger partial charge in [-0.1, -0.05) is 26.0 Å². The van der Waals surface area contributed by atoms with Crippen LogP contribution >= 0.6 is 11.3 Å². The molecule has 1 saturated heterocycles. The molecule has 1 aliphatic heterocycles. The van der Waals surface area contributed by atoms with Gasteiger partial charge in [-0.15, -0.1) is 11.3 Å². The molecule has 1 amide bonds. The number of aromatic nitrogens is 2. The third kappa shape index (κ3) is 4.16. The standard InChI is InChI=1S/C24H31N5OS/c1-15(2)18-7-9-19(10-8-18)28(6)22-20-16(3)21(31-23(20)26-17(4)25-22)24(30)29-13-11-27(5)12-14-29/h7-10,15H,11-14H2,1-6H3. The van der Waals surface area contributed by atoms with E-state index < -0.39 is 0 Å². The van der Waals surface area contributed by atoms with Crippen molar-refractivity contribution in [3.63, 3.8) is 0 Å². The van der Waals surface area contributed by atoms with E-state index in [-0.39, 0.29) is 5.91 Å². The Morgan fingerprint density at radius 3 is 2.32 bits per heavy atom. The van der Waals surface area contributed by atoms with Gasteiger partial charge in [-0.2, -0.15) is 0 Å². The van der Waals surface area contributed by atoms with Crippen molar-refractivity contribution in [2.75, 3.05) is 45.2 Å². The fraction of sp³-hybridized carbons (Fsp3) is 0.458. The van der Waals surface area contributed by atoms with E-state index in [2.05, 4.69) is 59.9 Å². The summed E-state index contributed by atoms with van der Waals surface area (Å²) in [4.78, 5) is 30.7. The Kier molecular flexibility index (Phi) is 5.99. The molecule has 3 heterocycles. The van der Waals surface area contributed by atoms with Crippen LogP contribution < -0.4 is 4.90 Å². The molecule has 1 fully saturated rings. The van der Waals surface area contributed by atoms with Gasteiger partial charge in [0.05, 0.1) is 10.3 Å². The Balaban J connectivity index is 1.73. The zero-order valence-corrected chi connectivity index (χ0v) is 20.1. The molecule has 0 unspecified atom stereocenters. The van der Waals surface area contributed by atoms with Gasteiger partial charge in [-0.25, -0.2) is 9.97 Å². The fourth-order valence-electron chi connectivity index (χ4n) is 4.03. The van der Waals surface area contributed by atoms with E-state index in [9.17, 15) is 4.79 Å². The molecular formula is C24H31N5OS. The first-order valence-electron chi connectivity index (χ1n) is 10.9. The molecule has 6 nitrogen and oxygen atoms in total. The molecule has 1 aromatic carbocycles. The molecule has 164 valence electrons. The number of likely N-dealkylation sites (N-methyl/N-ethyl adjacent to an activating group) is 1. The number of amides is 1. The summed E-state index contributed by atoms with van der Waals surface area (Å²) >= 11 is 1.49. The number of carbonyl (C=O) groups is 1. The number of nitrogens with zero attached hydrogens (tertiary/aromatic N) is 5. The van der Waals surface area contributed by atoms with E-state index in [1.165, 1.54) is 16.9 Å². The summed E-state index contributed by atoms with van der Waals surface area (Å²) in [7, 11) is 4.13. The summed E-state index contributed by atoms with van der Waals surface area (Å²) in [6, 6.07) is 8.61. The number of fused-ring (bicyclic) bond motifs is 1. The number of thiophene rings is 1. The molecule has 0 atom stereocenters. The Morgan fingerprint density at radius 1 is 1.06 bits per heavy atom. The van der Waals surface area contributed by atoms with Gasteiger partial charge >= 0.3 is 0 Å². The molecule has 2 aromatic heterocycles. The smallest absolute Gasteiger partial charge is 0.264 e. The third-order valence-electron chi connectivity index (χ3n) is 6.13. The lowest BCUT2D eigenvalue weighted by molar-refractivity contribution is 0.0668. The van der Waals surface area contributed by atoms with Crippen LogP contribution in [0.4, 0.5) is 11.5 Å². The molecule has 0 bridgehead atoms. The molecule has 0 saturated carbocycles. The average molecular weight is 438 g/mol. The predicted octanol–water partition coefficient (Wildman–Crippen LogP) is 4.59. The Hall–Kier alpha value is -2.51. The minimum atomic E-state index is 0.112. The van der Waals surface area contributed by atoms with Crippen LogP contribution in [0, 0.1) is 13.8 Å². The Labute approximate surface area is 188 Å². The summed E-state index contributed by atoms with van der Waals surface area (Å²) < 4.78 is 0. The summed E-state index contributed by atoms with van der Waals surface area (Å²) in [5.74, 6) is 2.18. The van der Waals surface area contributed by atoms with Crippen molar-refractivity contribution in [3.8, 4) is 0 Å². The number of benzene rings is 1. The van der Waals surface area contributed by atoms with E-state index in [0.717, 1.165) is 58.3 Å². The summed E-state index contributed by atoms with van der Waals surface area (Å²) in [5.41, 5.74) is 3.36. The van der Waals surface area contributed by atoms with Crippen molar-refractivity contribution in [1.82, 2.24) is 19.8 Å². The second-order valence-electron chi connectivity index (χ2n) is 8.73. The van der Waals surface area contributed by atoms with Gasteiger partial charge in [0.2, 0.25) is 0 Å². The Bertz CT molecular complexity index is 1100. The van der Waals surface area contributed by atoms with Gasteiger partial charge < -0.3 is 14.7 Å². The number of piperazine rings is 1. The maximum atomic E-state index is 13.3. The number of aryl methyl sites for hydroxylation is 2. The molecule has 1 aliphatic rings. The van der Waals surface area contributed by atoms with Crippen molar-refractivity contribution in [3.05, 3.63) is 46.1 Å². The Morgan fingerprint density at radius 2 is 1.71 bits per heavy atom. The van der Waals surface area contributed by atoms with E-state index in [4.69, 9.17) is 4.98 Å². The number of hydrogen-bond acceptors (Lipinski definition) is 6. The van der Waals surface area contributed by atoms with Crippen LogP contribution in [-0.4, -0.2) is 65.9 Å². The molecular weight excluding hydrogens is 406 g/mol. The van der Waals surface area contributed by atoms with Crippen molar-refractivity contribution in [2.45, 2.75) is 33.6 Å². The minimum Gasteiger partial charge on any atom is -0.335 e. The van der Waals surface area contributed by atoms with Crippen molar-refractivity contribution in [1.29, 1.82) is 0 Å². The second-order valence-corrected chi connectivity index (χ2v) is 9.73. The zero-order chi connectivity index (χ0) is 22.3. The van der Waals surface area contributed by atoms with Gasteiger partial charge in [-0.05, 0) is 50.1 Å².